The summed E-state index contributed by atoms with van der Waals surface area (Å²) in [7, 11) is 0. The van der Waals surface area contributed by atoms with Gasteiger partial charge in [0.05, 0.1) is 12.1 Å². The third-order valence-electron chi connectivity index (χ3n) is 4.32. The molecule has 3 aromatic rings. The molecule has 2 unspecified atom stereocenters. The minimum Gasteiger partial charge on any atom is -0.434 e. The summed E-state index contributed by atoms with van der Waals surface area (Å²) in [5.41, 5.74) is 1.40. The average molecular weight is 361 g/mol. The van der Waals surface area contributed by atoms with Crippen molar-refractivity contribution in [3.63, 3.8) is 0 Å². The van der Waals surface area contributed by atoms with E-state index in [4.69, 9.17) is 0 Å². The molecule has 26 heavy (non-hydrogen) atoms. The Morgan fingerprint density at radius 2 is 1.88 bits per heavy atom. The highest BCUT2D eigenvalue weighted by atomic mass is 19.3. The molecule has 0 spiro atoms. The lowest BCUT2D eigenvalue weighted by atomic mass is 9.93. The van der Waals surface area contributed by atoms with Crippen LogP contribution in [0.1, 0.15) is 29.6 Å². The number of rotatable bonds is 4. The second kappa shape index (κ2) is 6.66. The van der Waals surface area contributed by atoms with Gasteiger partial charge in [-0.1, -0.05) is 35.4 Å². The number of hydrogen-bond acceptors (Lipinski definition) is 5. The SMILES string of the molecule is Fc1ccc(C2CC(c3ccccc3OC(F)F)n3nnnc3N2)cc1. The highest BCUT2D eigenvalue weighted by molar-refractivity contribution is 5.42. The summed E-state index contributed by atoms with van der Waals surface area (Å²) < 4.78 is 44.9. The molecular formula is C17H14F3N5O. The number of nitrogens with one attached hydrogen (secondary N) is 1. The van der Waals surface area contributed by atoms with E-state index in [1.807, 2.05) is 0 Å². The largest absolute Gasteiger partial charge is 0.434 e. The van der Waals surface area contributed by atoms with Crippen molar-refractivity contribution >= 4 is 5.95 Å². The lowest BCUT2D eigenvalue weighted by Gasteiger charge is -2.31. The van der Waals surface area contributed by atoms with Crippen LogP contribution in [0.5, 0.6) is 5.75 Å². The third-order valence-corrected chi connectivity index (χ3v) is 4.32. The molecule has 1 N–H and O–H groups in total. The van der Waals surface area contributed by atoms with Crippen molar-refractivity contribution in [3.05, 3.63) is 65.5 Å². The number of aromatic nitrogens is 4. The minimum atomic E-state index is -2.93. The number of anilines is 1. The number of para-hydroxylation sites is 1. The third kappa shape index (κ3) is 3.07. The number of benzene rings is 2. The van der Waals surface area contributed by atoms with Crippen LogP contribution in [0.3, 0.4) is 0 Å². The molecule has 6 nitrogen and oxygen atoms in total. The molecule has 4 rings (SSSR count). The van der Waals surface area contributed by atoms with Gasteiger partial charge in [0, 0.05) is 5.56 Å². The Labute approximate surface area is 146 Å². The van der Waals surface area contributed by atoms with Crippen LogP contribution in [0.15, 0.2) is 48.5 Å². The Morgan fingerprint density at radius 1 is 1.12 bits per heavy atom. The summed E-state index contributed by atoms with van der Waals surface area (Å²) in [5.74, 6) is 0.151. The van der Waals surface area contributed by atoms with Gasteiger partial charge in [0.25, 0.3) is 0 Å². The van der Waals surface area contributed by atoms with E-state index in [1.165, 1.54) is 22.9 Å². The van der Waals surface area contributed by atoms with Crippen molar-refractivity contribution in [1.82, 2.24) is 20.2 Å². The highest BCUT2D eigenvalue weighted by Gasteiger charge is 2.32. The van der Waals surface area contributed by atoms with E-state index >= 15 is 0 Å². The molecule has 0 aliphatic carbocycles. The maximum Gasteiger partial charge on any atom is 0.387 e. The fourth-order valence-corrected chi connectivity index (χ4v) is 3.17. The van der Waals surface area contributed by atoms with Gasteiger partial charge in [-0.15, -0.1) is 0 Å². The fraction of sp³-hybridized carbons (Fsp3) is 0.235. The van der Waals surface area contributed by atoms with E-state index in [-0.39, 0.29) is 17.6 Å². The van der Waals surface area contributed by atoms with E-state index in [0.29, 0.717) is 17.9 Å². The van der Waals surface area contributed by atoms with Gasteiger partial charge in [-0.2, -0.15) is 8.78 Å². The number of tetrazole rings is 1. The molecule has 0 fully saturated rings. The molecule has 9 heteroatoms. The molecule has 1 aromatic heterocycles. The summed E-state index contributed by atoms with van der Waals surface area (Å²) in [6, 6.07) is 12.0. The highest BCUT2D eigenvalue weighted by Crippen LogP contribution is 2.40. The Balaban J connectivity index is 1.73. The predicted molar refractivity (Wildman–Crippen MR) is 86.4 cm³/mol. The monoisotopic (exact) mass is 361 g/mol. The van der Waals surface area contributed by atoms with Crippen LogP contribution in [-0.4, -0.2) is 26.8 Å². The summed E-state index contributed by atoms with van der Waals surface area (Å²) in [6.45, 7) is -2.93. The Morgan fingerprint density at radius 3 is 2.65 bits per heavy atom. The smallest absolute Gasteiger partial charge is 0.387 e. The van der Waals surface area contributed by atoms with Crippen LogP contribution >= 0.6 is 0 Å². The topological polar surface area (TPSA) is 64.9 Å². The molecule has 2 heterocycles. The number of ether oxygens (including phenoxy) is 1. The van der Waals surface area contributed by atoms with E-state index in [1.54, 1.807) is 30.3 Å². The summed E-state index contributed by atoms with van der Waals surface area (Å²) in [4.78, 5) is 0. The first-order chi connectivity index (χ1) is 12.6. The number of hydrogen-bond donors (Lipinski definition) is 1. The Bertz CT molecular complexity index is 899. The van der Waals surface area contributed by atoms with Crippen molar-refractivity contribution in [2.45, 2.75) is 25.1 Å². The number of halogens is 3. The quantitative estimate of drug-likeness (QED) is 0.770. The van der Waals surface area contributed by atoms with Gasteiger partial charge < -0.3 is 10.1 Å². The zero-order chi connectivity index (χ0) is 18.1. The van der Waals surface area contributed by atoms with Crippen molar-refractivity contribution in [3.8, 4) is 5.75 Å². The van der Waals surface area contributed by atoms with Gasteiger partial charge >= 0.3 is 6.61 Å². The molecule has 2 atom stereocenters. The maximum atomic E-state index is 13.2. The van der Waals surface area contributed by atoms with Gasteiger partial charge in [-0.05, 0) is 40.6 Å². The molecule has 0 saturated heterocycles. The zero-order valence-electron chi connectivity index (χ0n) is 13.4. The zero-order valence-corrected chi connectivity index (χ0v) is 13.4. The van der Waals surface area contributed by atoms with Crippen LogP contribution in [0.4, 0.5) is 19.1 Å². The van der Waals surface area contributed by atoms with Gasteiger partial charge in [0.15, 0.2) is 0 Å². The summed E-state index contributed by atoms with van der Waals surface area (Å²) >= 11 is 0. The Hall–Kier alpha value is -3.10. The van der Waals surface area contributed by atoms with Crippen molar-refractivity contribution in [1.29, 1.82) is 0 Å². The van der Waals surface area contributed by atoms with Gasteiger partial charge in [-0.25, -0.2) is 9.07 Å². The standard InChI is InChI=1S/C17H14F3N5O/c18-11-7-5-10(6-8-11)13-9-14(25-17(21-13)22-23-24-25)12-3-1-2-4-15(12)26-16(19)20/h1-8,13-14,16H,9H2,(H,21,22,24). The molecule has 0 bridgehead atoms. The second-order valence-corrected chi connectivity index (χ2v) is 5.86. The number of nitrogens with zero attached hydrogens (tertiary/aromatic N) is 4. The van der Waals surface area contributed by atoms with E-state index in [0.717, 1.165) is 5.56 Å². The molecule has 1 aliphatic rings. The van der Waals surface area contributed by atoms with Crippen LogP contribution in [0.2, 0.25) is 0 Å². The van der Waals surface area contributed by atoms with E-state index < -0.39 is 12.7 Å². The van der Waals surface area contributed by atoms with Crippen LogP contribution in [-0.2, 0) is 0 Å². The molecule has 0 saturated carbocycles. The number of fused-ring (bicyclic) bond motifs is 1. The van der Waals surface area contributed by atoms with Crippen molar-refractivity contribution in [2.24, 2.45) is 0 Å². The molecule has 1 aliphatic heterocycles. The van der Waals surface area contributed by atoms with Gasteiger partial charge in [0.1, 0.15) is 11.6 Å². The first kappa shape index (κ1) is 16.4. The molecular weight excluding hydrogens is 347 g/mol. The first-order valence-electron chi connectivity index (χ1n) is 7.95. The van der Waals surface area contributed by atoms with Crippen molar-refractivity contribution < 1.29 is 17.9 Å². The second-order valence-electron chi connectivity index (χ2n) is 5.86. The minimum absolute atomic E-state index is 0.0775. The fourth-order valence-electron chi connectivity index (χ4n) is 3.17. The predicted octanol–water partition coefficient (Wildman–Crippen LogP) is 3.56. The first-order valence-corrected chi connectivity index (χ1v) is 7.95. The lowest BCUT2D eigenvalue weighted by Crippen LogP contribution is -2.28. The van der Waals surface area contributed by atoms with E-state index in [9.17, 15) is 13.2 Å². The molecule has 0 radical (unpaired) electrons. The lowest BCUT2D eigenvalue weighted by molar-refractivity contribution is -0.0507. The average Bonchev–Trinajstić information content (AvgIpc) is 3.10. The Kier molecular flexibility index (Phi) is 4.19. The molecule has 134 valence electrons. The summed E-state index contributed by atoms with van der Waals surface area (Å²) in [5, 5.41) is 14.8. The van der Waals surface area contributed by atoms with Crippen molar-refractivity contribution in [2.75, 3.05) is 5.32 Å². The van der Waals surface area contributed by atoms with Gasteiger partial charge in [0.2, 0.25) is 5.95 Å². The molecule has 0 amide bonds. The van der Waals surface area contributed by atoms with Crippen LogP contribution in [0, 0.1) is 5.82 Å². The maximum absolute atomic E-state index is 13.2. The van der Waals surface area contributed by atoms with Gasteiger partial charge in [-0.3, -0.25) is 0 Å². The summed E-state index contributed by atoms with van der Waals surface area (Å²) in [6.07, 6.45) is 0.479. The van der Waals surface area contributed by atoms with Crippen LogP contribution < -0.4 is 10.1 Å². The number of alkyl halides is 2. The van der Waals surface area contributed by atoms with E-state index in [2.05, 4.69) is 25.6 Å². The molecule has 2 aromatic carbocycles. The normalized spacial score (nSPS) is 19.1. The van der Waals surface area contributed by atoms with Crippen LogP contribution in [0.25, 0.3) is 0 Å².